The molecule has 2 rings (SSSR count). The van der Waals surface area contributed by atoms with Crippen LogP contribution in [0.25, 0.3) is 0 Å². The largest absolute Gasteiger partial charge is 0.330 e. The van der Waals surface area contributed by atoms with Gasteiger partial charge in [0.15, 0.2) is 0 Å². The molecule has 0 saturated carbocycles. The van der Waals surface area contributed by atoms with Gasteiger partial charge in [-0.1, -0.05) is 27.2 Å². The maximum atomic E-state index is 12.9. The van der Waals surface area contributed by atoms with Crippen molar-refractivity contribution in [1.29, 1.82) is 0 Å². The lowest BCUT2D eigenvalue weighted by molar-refractivity contribution is 0.619. The Bertz CT molecular complexity index is 512. The Labute approximate surface area is 107 Å². The van der Waals surface area contributed by atoms with Crippen LogP contribution in [0.5, 0.6) is 0 Å². The molecule has 1 aromatic carbocycles. The molecule has 0 fully saturated rings. The first-order valence-corrected chi connectivity index (χ1v) is 6.01. The molecule has 0 aliphatic heterocycles. The predicted molar refractivity (Wildman–Crippen MR) is 66.0 cm³/mol. The predicted octanol–water partition coefficient (Wildman–Crippen LogP) is 1.73. The van der Waals surface area contributed by atoms with Crippen LogP contribution in [0.3, 0.4) is 0 Å². The third-order valence-electron chi connectivity index (χ3n) is 2.33. The minimum absolute atomic E-state index is 0.261. The second kappa shape index (κ2) is 5.37. The van der Waals surface area contributed by atoms with E-state index in [1.165, 1.54) is 12.1 Å². The molecule has 0 aliphatic carbocycles. The summed E-state index contributed by atoms with van der Waals surface area (Å²) >= 11 is 3.32. The van der Waals surface area contributed by atoms with E-state index in [1.807, 2.05) is 6.20 Å². The zero-order valence-electron chi connectivity index (χ0n) is 9.11. The second-order valence-electron chi connectivity index (χ2n) is 3.68. The summed E-state index contributed by atoms with van der Waals surface area (Å²) in [5.41, 5.74) is 7.26. The molecule has 4 nitrogen and oxygen atoms in total. The first-order chi connectivity index (χ1) is 8.19. The van der Waals surface area contributed by atoms with Crippen LogP contribution < -0.4 is 5.73 Å². The summed E-state index contributed by atoms with van der Waals surface area (Å²) in [5, 5.41) is 7.98. The van der Waals surface area contributed by atoms with Gasteiger partial charge in [-0.3, -0.25) is 0 Å². The third kappa shape index (κ3) is 3.10. The van der Waals surface area contributed by atoms with Gasteiger partial charge < -0.3 is 5.73 Å². The van der Waals surface area contributed by atoms with Gasteiger partial charge >= 0.3 is 0 Å². The van der Waals surface area contributed by atoms with E-state index in [9.17, 15) is 4.39 Å². The van der Waals surface area contributed by atoms with E-state index in [0.717, 1.165) is 15.7 Å². The minimum atomic E-state index is -0.261. The van der Waals surface area contributed by atoms with Crippen molar-refractivity contribution in [3.63, 3.8) is 0 Å². The fraction of sp³-hybridized carbons (Fsp3) is 0.273. The summed E-state index contributed by atoms with van der Waals surface area (Å²) < 4.78 is 15.4. The third-order valence-corrected chi connectivity index (χ3v) is 3.07. The van der Waals surface area contributed by atoms with E-state index in [4.69, 9.17) is 5.73 Å². The number of nitrogens with two attached hydrogens (primary N) is 1. The smallest absolute Gasteiger partial charge is 0.124 e. The molecule has 6 heteroatoms. The molecule has 0 atom stereocenters. The van der Waals surface area contributed by atoms with E-state index >= 15 is 0 Å². The average molecular weight is 299 g/mol. The zero-order valence-corrected chi connectivity index (χ0v) is 10.7. The van der Waals surface area contributed by atoms with Crippen molar-refractivity contribution in [3.8, 4) is 0 Å². The quantitative estimate of drug-likeness (QED) is 0.935. The van der Waals surface area contributed by atoms with Crippen molar-refractivity contribution in [3.05, 3.63) is 45.9 Å². The molecule has 2 N–H and O–H groups in total. The summed E-state index contributed by atoms with van der Waals surface area (Å²) in [6.07, 6.45) is 2.56. The summed E-state index contributed by atoms with van der Waals surface area (Å²) in [7, 11) is 0. The monoisotopic (exact) mass is 298 g/mol. The van der Waals surface area contributed by atoms with Crippen LogP contribution >= 0.6 is 15.9 Å². The molecular weight excluding hydrogens is 287 g/mol. The molecule has 0 aliphatic rings. The number of hydrogen-bond donors (Lipinski definition) is 1. The van der Waals surface area contributed by atoms with Crippen molar-refractivity contribution < 1.29 is 4.39 Å². The van der Waals surface area contributed by atoms with E-state index in [2.05, 4.69) is 26.2 Å². The lowest BCUT2D eigenvalue weighted by Gasteiger charge is -2.03. The number of benzene rings is 1. The fourth-order valence-corrected chi connectivity index (χ4v) is 1.98. The van der Waals surface area contributed by atoms with Gasteiger partial charge in [-0.15, -0.1) is 5.10 Å². The normalized spacial score (nSPS) is 10.8. The van der Waals surface area contributed by atoms with E-state index < -0.39 is 0 Å². The Morgan fingerprint density at radius 3 is 2.94 bits per heavy atom. The molecule has 17 heavy (non-hydrogen) atoms. The fourth-order valence-electron chi connectivity index (χ4n) is 1.50. The van der Waals surface area contributed by atoms with Gasteiger partial charge in [-0.25, -0.2) is 9.07 Å². The summed E-state index contributed by atoms with van der Waals surface area (Å²) in [5.74, 6) is -0.261. The van der Waals surface area contributed by atoms with E-state index in [-0.39, 0.29) is 5.82 Å². The second-order valence-corrected chi connectivity index (χ2v) is 4.54. The van der Waals surface area contributed by atoms with Gasteiger partial charge in [0.25, 0.3) is 0 Å². The maximum absolute atomic E-state index is 12.9. The minimum Gasteiger partial charge on any atom is -0.330 e. The Kier molecular flexibility index (Phi) is 3.86. The van der Waals surface area contributed by atoms with Gasteiger partial charge in [0.05, 0.1) is 12.2 Å². The molecule has 1 heterocycles. The zero-order chi connectivity index (χ0) is 12.3. The number of rotatable bonds is 4. The van der Waals surface area contributed by atoms with Crippen LogP contribution in [0.1, 0.15) is 11.3 Å². The molecule has 0 unspecified atom stereocenters. The van der Waals surface area contributed by atoms with E-state index in [1.54, 1.807) is 10.7 Å². The lowest BCUT2D eigenvalue weighted by Crippen LogP contribution is -2.03. The highest BCUT2D eigenvalue weighted by atomic mass is 79.9. The van der Waals surface area contributed by atoms with Crippen molar-refractivity contribution in [1.82, 2.24) is 15.0 Å². The number of halogens is 2. The highest BCUT2D eigenvalue weighted by Crippen LogP contribution is 2.18. The molecule has 0 saturated heterocycles. The Morgan fingerprint density at radius 2 is 2.24 bits per heavy atom. The van der Waals surface area contributed by atoms with Gasteiger partial charge in [0.1, 0.15) is 5.82 Å². The van der Waals surface area contributed by atoms with Crippen molar-refractivity contribution in [2.24, 2.45) is 5.73 Å². The van der Waals surface area contributed by atoms with Crippen LogP contribution in [0.15, 0.2) is 28.9 Å². The topological polar surface area (TPSA) is 56.7 Å². The van der Waals surface area contributed by atoms with Gasteiger partial charge in [0, 0.05) is 17.1 Å². The lowest BCUT2D eigenvalue weighted by atomic mass is 10.2. The molecule has 0 bridgehead atoms. The van der Waals surface area contributed by atoms with Gasteiger partial charge in [0.2, 0.25) is 0 Å². The standard InChI is InChI=1S/C11H12BrFN4/c12-11-5-9(13)2-1-8(11)6-17-7-10(3-4-14)15-16-17/h1-2,5,7H,3-4,6,14H2. The first kappa shape index (κ1) is 12.2. The SMILES string of the molecule is NCCc1cn(Cc2ccc(F)cc2Br)nn1. The van der Waals surface area contributed by atoms with Crippen molar-refractivity contribution in [2.45, 2.75) is 13.0 Å². The van der Waals surface area contributed by atoms with Gasteiger partial charge in [-0.05, 0) is 24.2 Å². The van der Waals surface area contributed by atoms with Crippen LogP contribution in [-0.2, 0) is 13.0 Å². The highest BCUT2D eigenvalue weighted by molar-refractivity contribution is 9.10. The number of aromatic nitrogens is 3. The number of nitrogens with zero attached hydrogens (tertiary/aromatic N) is 3. The van der Waals surface area contributed by atoms with Crippen LogP contribution in [0.4, 0.5) is 4.39 Å². The molecule has 1 aromatic heterocycles. The van der Waals surface area contributed by atoms with Crippen LogP contribution in [0, 0.1) is 5.82 Å². The molecule has 90 valence electrons. The average Bonchev–Trinajstić information content (AvgIpc) is 2.71. The maximum Gasteiger partial charge on any atom is 0.124 e. The van der Waals surface area contributed by atoms with Crippen LogP contribution in [0.2, 0.25) is 0 Å². The Balaban J connectivity index is 2.13. The molecular formula is C11H12BrFN4. The van der Waals surface area contributed by atoms with E-state index in [0.29, 0.717) is 19.5 Å². The highest BCUT2D eigenvalue weighted by Gasteiger charge is 2.05. The van der Waals surface area contributed by atoms with Gasteiger partial charge in [-0.2, -0.15) is 0 Å². The summed E-state index contributed by atoms with van der Waals surface area (Å²) in [4.78, 5) is 0. The Morgan fingerprint density at radius 1 is 1.41 bits per heavy atom. The molecule has 0 spiro atoms. The molecule has 0 radical (unpaired) electrons. The summed E-state index contributed by atoms with van der Waals surface area (Å²) in [6, 6.07) is 4.59. The molecule has 2 aromatic rings. The van der Waals surface area contributed by atoms with Crippen molar-refractivity contribution >= 4 is 15.9 Å². The van der Waals surface area contributed by atoms with Crippen molar-refractivity contribution in [2.75, 3.05) is 6.54 Å². The first-order valence-electron chi connectivity index (χ1n) is 5.22. The Hall–Kier alpha value is -1.27. The summed E-state index contributed by atoms with van der Waals surface area (Å²) in [6.45, 7) is 1.11. The molecule has 0 amide bonds. The van der Waals surface area contributed by atoms with Crippen LogP contribution in [-0.4, -0.2) is 21.5 Å². The number of hydrogen-bond acceptors (Lipinski definition) is 3.